The van der Waals surface area contributed by atoms with E-state index in [-0.39, 0.29) is 12.4 Å². The normalized spacial score (nSPS) is 8.22. The van der Waals surface area contributed by atoms with Gasteiger partial charge in [0.1, 0.15) is 5.00 Å². The summed E-state index contributed by atoms with van der Waals surface area (Å²) in [4.78, 5) is 4.04. The van der Waals surface area contributed by atoms with Crippen molar-refractivity contribution in [1.29, 1.82) is 0 Å². The average Bonchev–Trinajstić information content (AvgIpc) is 2.14. The van der Waals surface area contributed by atoms with E-state index < -0.39 is 0 Å². The number of aryl methyl sites for hydroxylation is 1. The molecule has 0 amide bonds. The highest BCUT2D eigenvalue weighted by Gasteiger charge is 1.90. The molecular formula is C5H9ClN2S. The fourth-order valence-corrected chi connectivity index (χ4v) is 1.11. The Labute approximate surface area is 64.7 Å². The van der Waals surface area contributed by atoms with Gasteiger partial charge in [0, 0.05) is 7.05 Å². The Morgan fingerprint density at radius 2 is 2.33 bits per heavy atom. The summed E-state index contributed by atoms with van der Waals surface area (Å²) in [5, 5.41) is 5.24. The maximum Gasteiger partial charge on any atom is 0.108 e. The van der Waals surface area contributed by atoms with E-state index in [1.54, 1.807) is 11.3 Å². The predicted octanol–water partition coefficient (Wildman–Crippen LogP) is 1.92. The van der Waals surface area contributed by atoms with Crippen LogP contribution < -0.4 is 5.32 Å². The summed E-state index contributed by atoms with van der Waals surface area (Å²) in [7, 11) is 1.90. The second-order valence-corrected chi connectivity index (χ2v) is 2.73. The molecule has 1 aromatic heterocycles. The Morgan fingerprint density at radius 1 is 1.67 bits per heavy atom. The van der Waals surface area contributed by atoms with Crippen molar-refractivity contribution < 1.29 is 0 Å². The van der Waals surface area contributed by atoms with Gasteiger partial charge < -0.3 is 5.32 Å². The highest BCUT2D eigenvalue weighted by molar-refractivity contribution is 7.15. The van der Waals surface area contributed by atoms with Crippen LogP contribution in [0.4, 0.5) is 5.00 Å². The summed E-state index contributed by atoms with van der Waals surface area (Å²) < 4.78 is 0. The lowest BCUT2D eigenvalue weighted by Crippen LogP contribution is -1.80. The SMILES string of the molecule is CNc1cnc(C)s1.Cl. The van der Waals surface area contributed by atoms with E-state index in [9.17, 15) is 0 Å². The first-order valence-electron chi connectivity index (χ1n) is 2.43. The molecule has 1 aromatic rings. The number of hydrogen-bond acceptors (Lipinski definition) is 3. The number of nitrogens with one attached hydrogen (secondary N) is 1. The van der Waals surface area contributed by atoms with Crippen LogP contribution in [0.1, 0.15) is 5.01 Å². The van der Waals surface area contributed by atoms with E-state index in [1.807, 2.05) is 20.2 Å². The van der Waals surface area contributed by atoms with Gasteiger partial charge in [-0.15, -0.1) is 23.7 Å². The Balaban J connectivity index is 0.000000640. The third-order valence-electron chi connectivity index (χ3n) is 0.868. The van der Waals surface area contributed by atoms with Crippen LogP contribution in [0.15, 0.2) is 6.20 Å². The van der Waals surface area contributed by atoms with Gasteiger partial charge in [-0.25, -0.2) is 4.98 Å². The van der Waals surface area contributed by atoms with Crippen LogP contribution in [0.25, 0.3) is 0 Å². The summed E-state index contributed by atoms with van der Waals surface area (Å²) in [5.74, 6) is 0. The monoisotopic (exact) mass is 164 g/mol. The topological polar surface area (TPSA) is 24.9 Å². The van der Waals surface area contributed by atoms with Gasteiger partial charge in [0.05, 0.1) is 11.2 Å². The lowest BCUT2D eigenvalue weighted by Gasteiger charge is -1.85. The maximum absolute atomic E-state index is 4.04. The number of thiazole rings is 1. The second kappa shape index (κ2) is 3.69. The summed E-state index contributed by atoms with van der Waals surface area (Å²) >= 11 is 1.67. The smallest absolute Gasteiger partial charge is 0.108 e. The van der Waals surface area contributed by atoms with E-state index in [0.29, 0.717) is 0 Å². The quantitative estimate of drug-likeness (QED) is 0.686. The molecule has 0 saturated carbocycles. The van der Waals surface area contributed by atoms with Crippen molar-refractivity contribution in [2.75, 3.05) is 12.4 Å². The molecule has 4 heteroatoms. The van der Waals surface area contributed by atoms with Crippen LogP contribution in [0.2, 0.25) is 0 Å². The number of nitrogens with zero attached hydrogens (tertiary/aromatic N) is 1. The first-order chi connectivity index (χ1) is 3.83. The fourth-order valence-electron chi connectivity index (χ4n) is 0.477. The molecule has 0 bridgehead atoms. The fraction of sp³-hybridized carbons (Fsp3) is 0.400. The molecule has 0 aliphatic heterocycles. The molecule has 0 aliphatic carbocycles. The van der Waals surface area contributed by atoms with Crippen LogP contribution in [0.3, 0.4) is 0 Å². The minimum Gasteiger partial charge on any atom is -0.379 e. The largest absolute Gasteiger partial charge is 0.379 e. The van der Waals surface area contributed by atoms with Crippen LogP contribution >= 0.6 is 23.7 Å². The molecule has 1 N–H and O–H groups in total. The molecule has 52 valence electrons. The van der Waals surface area contributed by atoms with Gasteiger partial charge in [-0.05, 0) is 6.92 Å². The lowest BCUT2D eigenvalue weighted by molar-refractivity contribution is 1.30. The van der Waals surface area contributed by atoms with Gasteiger partial charge in [0.2, 0.25) is 0 Å². The summed E-state index contributed by atoms with van der Waals surface area (Å²) in [5.41, 5.74) is 0. The zero-order valence-corrected chi connectivity index (χ0v) is 6.97. The lowest BCUT2D eigenvalue weighted by atomic mass is 10.8. The molecule has 0 fully saturated rings. The van der Waals surface area contributed by atoms with Gasteiger partial charge in [-0.3, -0.25) is 0 Å². The molecule has 0 spiro atoms. The number of aromatic nitrogens is 1. The first kappa shape index (κ1) is 8.72. The second-order valence-electron chi connectivity index (χ2n) is 1.49. The standard InChI is InChI=1S/C5H8N2S.ClH/c1-4-7-3-5(6-2)8-4;/h3,6H,1-2H3;1H. The van der Waals surface area contributed by atoms with Crippen LogP contribution in [0, 0.1) is 6.92 Å². The maximum atomic E-state index is 4.04. The number of rotatable bonds is 1. The highest BCUT2D eigenvalue weighted by atomic mass is 35.5. The van der Waals surface area contributed by atoms with Gasteiger partial charge in [0.15, 0.2) is 0 Å². The van der Waals surface area contributed by atoms with Crippen molar-refractivity contribution in [1.82, 2.24) is 4.98 Å². The predicted molar refractivity (Wildman–Crippen MR) is 43.6 cm³/mol. The molecule has 1 heterocycles. The van der Waals surface area contributed by atoms with Crippen molar-refractivity contribution in [2.24, 2.45) is 0 Å². The van der Waals surface area contributed by atoms with E-state index in [0.717, 1.165) is 10.0 Å². The number of hydrogen-bond donors (Lipinski definition) is 1. The van der Waals surface area contributed by atoms with Crippen molar-refractivity contribution in [2.45, 2.75) is 6.92 Å². The van der Waals surface area contributed by atoms with Gasteiger partial charge in [0.25, 0.3) is 0 Å². The van der Waals surface area contributed by atoms with E-state index in [1.165, 1.54) is 0 Å². The van der Waals surface area contributed by atoms with Crippen LogP contribution in [-0.4, -0.2) is 12.0 Å². The summed E-state index contributed by atoms with van der Waals surface area (Å²) in [6.45, 7) is 1.99. The van der Waals surface area contributed by atoms with E-state index in [4.69, 9.17) is 0 Å². The molecule has 2 nitrogen and oxygen atoms in total. The molecule has 0 aliphatic rings. The minimum atomic E-state index is 0. The molecule has 0 radical (unpaired) electrons. The van der Waals surface area contributed by atoms with Crippen molar-refractivity contribution in [3.8, 4) is 0 Å². The Morgan fingerprint density at radius 3 is 2.56 bits per heavy atom. The van der Waals surface area contributed by atoms with Gasteiger partial charge >= 0.3 is 0 Å². The Hall–Kier alpha value is -0.280. The molecular weight excluding hydrogens is 156 g/mol. The molecule has 0 aromatic carbocycles. The van der Waals surface area contributed by atoms with Gasteiger partial charge in [-0.2, -0.15) is 0 Å². The third-order valence-corrected chi connectivity index (χ3v) is 1.80. The molecule has 1 rings (SSSR count). The Bertz CT molecular complexity index is 175. The van der Waals surface area contributed by atoms with Gasteiger partial charge in [-0.1, -0.05) is 0 Å². The number of halogens is 1. The Kier molecular flexibility index (Phi) is 3.58. The first-order valence-corrected chi connectivity index (χ1v) is 3.25. The van der Waals surface area contributed by atoms with Crippen LogP contribution in [-0.2, 0) is 0 Å². The molecule has 0 unspecified atom stereocenters. The molecule has 0 saturated heterocycles. The summed E-state index contributed by atoms with van der Waals surface area (Å²) in [6.07, 6.45) is 1.83. The minimum absolute atomic E-state index is 0. The average molecular weight is 165 g/mol. The third kappa shape index (κ3) is 2.20. The molecule has 9 heavy (non-hydrogen) atoms. The van der Waals surface area contributed by atoms with E-state index >= 15 is 0 Å². The van der Waals surface area contributed by atoms with Crippen molar-refractivity contribution in [3.63, 3.8) is 0 Å². The zero-order chi connectivity index (χ0) is 5.98. The highest BCUT2D eigenvalue weighted by Crippen LogP contribution is 2.15. The zero-order valence-electron chi connectivity index (χ0n) is 5.34. The molecule has 0 atom stereocenters. The number of anilines is 1. The van der Waals surface area contributed by atoms with Crippen LogP contribution in [0.5, 0.6) is 0 Å². The van der Waals surface area contributed by atoms with Crippen molar-refractivity contribution >= 4 is 28.7 Å². The summed E-state index contributed by atoms with van der Waals surface area (Å²) in [6, 6.07) is 0. The van der Waals surface area contributed by atoms with Crippen molar-refractivity contribution in [3.05, 3.63) is 11.2 Å². The van der Waals surface area contributed by atoms with E-state index in [2.05, 4.69) is 10.3 Å².